The van der Waals surface area contributed by atoms with Crippen LogP contribution in [0, 0.1) is 5.92 Å². The van der Waals surface area contributed by atoms with E-state index in [1.807, 2.05) is 23.1 Å². The van der Waals surface area contributed by atoms with Crippen LogP contribution in [0.2, 0.25) is 0 Å². The maximum atomic E-state index is 12.2. The Morgan fingerprint density at radius 2 is 1.79 bits per heavy atom. The van der Waals surface area contributed by atoms with Crippen LogP contribution in [-0.4, -0.2) is 29.9 Å². The molecule has 0 aliphatic heterocycles. The third-order valence-electron chi connectivity index (χ3n) is 2.95. The number of rotatable bonds is 7. The lowest BCUT2D eigenvalue weighted by Crippen LogP contribution is -2.44. The third kappa shape index (κ3) is 5.88. The molecule has 0 aliphatic carbocycles. The molecule has 0 fully saturated rings. The SMILES string of the molecule is CC(C)CN(C(=O)CNCc1ccccc1)C(C)C. The van der Waals surface area contributed by atoms with E-state index in [0.717, 1.165) is 13.1 Å². The van der Waals surface area contributed by atoms with Crippen LogP contribution in [0.15, 0.2) is 30.3 Å². The molecule has 1 rings (SSSR count). The summed E-state index contributed by atoms with van der Waals surface area (Å²) in [5.74, 6) is 0.681. The number of amides is 1. The molecule has 1 amide bonds. The molecule has 0 heterocycles. The van der Waals surface area contributed by atoms with Crippen molar-refractivity contribution in [2.45, 2.75) is 40.3 Å². The van der Waals surface area contributed by atoms with Crippen molar-refractivity contribution < 1.29 is 4.79 Å². The van der Waals surface area contributed by atoms with Crippen molar-refractivity contribution in [2.75, 3.05) is 13.1 Å². The average molecular weight is 262 g/mol. The summed E-state index contributed by atoms with van der Waals surface area (Å²) in [5.41, 5.74) is 1.20. The van der Waals surface area contributed by atoms with E-state index in [-0.39, 0.29) is 11.9 Å². The first-order valence-corrected chi connectivity index (χ1v) is 7.04. The van der Waals surface area contributed by atoms with Crippen molar-refractivity contribution >= 4 is 5.91 Å². The second kappa shape index (κ2) is 7.95. The first-order valence-electron chi connectivity index (χ1n) is 7.04. The zero-order valence-electron chi connectivity index (χ0n) is 12.5. The molecule has 19 heavy (non-hydrogen) atoms. The molecule has 0 radical (unpaired) electrons. The molecule has 0 aromatic heterocycles. The molecule has 3 nitrogen and oxygen atoms in total. The lowest BCUT2D eigenvalue weighted by molar-refractivity contribution is -0.132. The van der Waals surface area contributed by atoms with Gasteiger partial charge < -0.3 is 10.2 Å². The zero-order chi connectivity index (χ0) is 14.3. The fourth-order valence-corrected chi connectivity index (χ4v) is 2.01. The number of nitrogens with zero attached hydrogens (tertiary/aromatic N) is 1. The van der Waals surface area contributed by atoms with Gasteiger partial charge in [-0.25, -0.2) is 0 Å². The Bertz CT molecular complexity index is 374. The molecule has 106 valence electrons. The number of nitrogens with one attached hydrogen (secondary N) is 1. The minimum Gasteiger partial charge on any atom is -0.339 e. The molecule has 0 aliphatic rings. The van der Waals surface area contributed by atoms with Gasteiger partial charge in [0.25, 0.3) is 0 Å². The Kier molecular flexibility index (Phi) is 6.57. The average Bonchev–Trinajstić information content (AvgIpc) is 2.36. The Morgan fingerprint density at radius 3 is 2.32 bits per heavy atom. The topological polar surface area (TPSA) is 32.3 Å². The highest BCUT2D eigenvalue weighted by atomic mass is 16.2. The molecular formula is C16H26N2O. The third-order valence-corrected chi connectivity index (χ3v) is 2.95. The summed E-state index contributed by atoms with van der Waals surface area (Å²) in [6.45, 7) is 10.4. The Balaban J connectivity index is 2.40. The van der Waals surface area contributed by atoms with Crippen molar-refractivity contribution in [3.8, 4) is 0 Å². The van der Waals surface area contributed by atoms with Crippen molar-refractivity contribution in [3.05, 3.63) is 35.9 Å². The van der Waals surface area contributed by atoms with E-state index in [9.17, 15) is 4.79 Å². The van der Waals surface area contributed by atoms with Gasteiger partial charge in [0.15, 0.2) is 0 Å². The number of hydrogen-bond acceptors (Lipinski definition) is 2. The summed E-state index contributed by atoms with van der Waals surface area (Å²) in [4.78, 5) is 14.1. The highest BCUT2D eigenvalue weighted by Gasteiger charge is 2.17. The fourth-order valence-electron chi connectivity index (χ4n) is 2.01. The van der Waals surface area contributed by atoms with E-state index in [1.165, 1.54) is 5.56 Å². The molecule has 3 heteroatoms. The number of benzene rings is 1. The molecule has 0 saturated heterocycles. The molecule has 1 N–H and O–H groups in total. The summed E-state index contributed by atoms with van der Waals surface area (Å²) in [6, 6.07) is 10.4. The highest BCUT2D eigenvalue weighted by Crippen LogP contribution is 2.04. The molecule has 0 bridgehead atoms. The van der Waals surface area contributed by atoms with E-state index >= 15 is 0 Å². The standard InChI is InChI=1S/C16H26N2O/c1-13(2)12-18(14(3)4)16(19)11-17-10-15-8-6-5-7-9-15/h5-9,13-14,17H,10-12H2,1-4H3. The summed E-state index contributed by atoms with van der Waals surface area (Å²) >= 11 is 0. The van der Waals surface area contributed by atoms with Crippen molar-refractivity contribution in [3.63, 3.8) is 0 Å². The monoisotopic (exact) mass is 262 g/mol. The molecule has 0 spiro atoms. The molecule has 0 unspecified atom stereocenters. The van der Waals surface area contributed by atoms with Crippen molar-refractivity contribution in [2.24, 2.45) is 5.92 Å². The predicted molar refractivity (Wildman–Crippen MR) is 79.8 cm³/mol. The van der Waals surface area contributed by atoms with Crippen LogP contribution < -0.4 is 5.32 Å². The summed E-state index contributed by atoms with van der Waals surface area (Å²) in [6.07, 6.45) is 0. The quantitative estimate of drug-likeness (QED) is 0.819. The lowest BCUT2D eigenvalue weighted by Gasteiger charge is -2.28. The van der Waals surface area contributed by atoms with Crippen molar-refractivity contribution in [1.29, 1.82) is 0 Å². The van der Waals surface area contributed by atoms with Crippen LogP contribution in [0.4, 0.5) is 0 Å². The summed E-state index contributed by atoms with van der Waals surface area (Å²) < 4.78 is 0. The molecule has 1 aromatic rings. The van der Waals surface area contributed by atoms with E-state index in [2.05, 4.69) is 45.1 Å². The number of hydrogen-bond donors (Lipinski definition) is 1. The molecular weight excluding hydrogens is 236 g/mol. The van der Waals surface area contributed by atoms with Gasteiger partial charge in [-0.3, -0.25) is 4.79 Å². The number of carbonyl (C=O) groups excluding carboxylic acids is 1. The second-order valence-corrected chi connectivity index (χ2v) is 5.62. The first kappa shape index (κ1) is 15.7. The second-order valence-electron chi connectivity index (χ2n) is 5.62. The Morgan fingerprint density at radius 1 is 1.16 bits per heavy atom. The minimum absolute atomic E-state index is 0.180. The maximum Gasteiger partial charge on any atom is 0.236 e. The van der Waals surface area contributed by atoms with Gasteiger partial charge in [-0.05, 0) is 25.3 Å². The number of carbonyl (C=O) groups is 1. The van der Waals surface area contributed by atoms with Crippen LogP contribution >= 0.6 is 0 Å². The van der Waals surface area contributed by atoms with Gasteiger partial charge in [0.2, 0.25) is 5.91 Å². The summed E-state index contributed by atoms with van der Waals surface area (Å²) in [7, 11) is 0. The Hall–Kier alpha value is -1.35. The largest absolute Gasteiger partial charge is 0.339 e. The van der Waals surface area contributed by atoms with Gasteiger partial charge in [0.1, 0.15) is 0 Å². The van der Waals surface area contributed by atoms with Gasteiger partial charge in [-0.1, -0.05) is 44.2 Å². The molecule has 0 atom stereocenters. The minimum atomic E-state index is 0.180. The van der Waals surface area contributed by atoms with E-state index in [0.29, 0.717) is 12.5 Å². The molecule has 1 aromatic carbocycles. The van der Waals surface area contributed by atoms with Gasteiger partial charge >= 0.3 is 0 Å². The maximum absolute atomic E-state index is 12.2. The first-order chi connectivity index (χ1) is 9.00. The van der Waals surface area contributed by atoms with Crippen LogP contribution in [0.1, 0.15) is 33.3 Å². The molecule has 0 saturated carbocycles. The van der Waals surface area contributed by atoms with Crippen LogP contribution in [-0.2, 0) is 11.3 Å². The van der Waals surface area contributed by atoms with Crippen LogP contribution in [0.5, 0.6) is 0 Å². The van der Waals surface area contributed by atoms with Gasteiger partial charge in [-0.2, -0.15) is 0 Å². The van der Waals surface area contributed by atoms with Gasteiger partial charge in [0.05, 0.1) is 6.54 Å². The fraction of sp³-hybridized carbons (Fsp3) is 0.562. The van der Waals surface area contributed by atoms with E-state index < -0.39 is 0 Å². The van der Waals surface area contributed by atoms with E-state index in [1.54, 1.807) is 0 Å². The lowest BCUT2D eigenvalue weighted by atomic mass is 10.1. The van der Waals surface area contributed by atoms with Crippen LogP contribution in [0.25, 0.3) is 0 Å². The van der Waals surface area contributed by atoms with Crippen molar-refractivity contribution in [1.82, 2.24) is 10.2 Å². The predicted octanol–water partition coefficient (Wildman–Crippen LogP) is 2.67. The van der Waals surface area contributed by atoms with Gasteiger partial charge in [-0.15, -0.1) is 0 Å². The normalized spacial score (nSPS) is 11.1. The highest BCUT2D eigenvalue weighted by molar-refractivity contribution is 5.78. The van der Waals surface area contributed by atoms with E-state index in [4.69, 9.17) is 0 Å². The van der Waals surface area contributed by atoms with Gasteiger partial charge in [0, 0.05) is 19.1 Å². The smallest absolute Gasteiger partial charge is 0.236 e. The van der Waals surface area contributed by atoms with Crippen LogP contribution in [0.3, 0.4) is 0 Å². The summed E-state index contributed by atoms with van der Waals surface area (Å²) in [5, 5.41) is 3.22. The Labute approximate surface area is 117 Å². The zero-order valence-corrected chi connectivity index (χ0v) is 12.5.